The highest BCUT2D eigenvalue weighted by Gasteiger charge is 2.15. The summed E-state index contributed by atoms with van der Waals surface area (Å²) in [5, 5.41) is 11.1. The number of halogens is 1. The first-order valence-corrected chi connectivity index (χ1v) is 10.9. The van der Waals surface area contributed by atoms with Gasteiger partial charge in [0.2, 0.25) is 10.0 Å². The van der Waals surface area contributed by atoms with E-state index >= 15 is 0 Å². The Bertz CT molecular complexity index is 963. The van der Waals surface area contributed by atoms with E-state index in [0.717, 1.165) is 10.0 Å². The maximum atomic E-state index is 12.3. The fourth-order valence-electron chi connectivity index (χ4n) is 2.31. The second kappa shape index (κ2) is 10.4. The molecule has 0 saturated heterocycles. The number of benzene rings is 2. The second-order valence-electron chi connectivity index (χ2n) is 6.17. The summed E-state index contributed by atoms with van der Waals surface area (Å²) in [7, 11) is -3.60. The van der Waals surface area contributed by atoms with Crippen LogP contribution in [0.1, 0.15) is 12.5 Å². The molecule has 29 heavy (non-hydrogen) atoms. The second-order valence-corrected chi connectivity index (χ2v) is 8.85. The third-order valence-electron chi connectivity index (χ3n) is 3.85. The molecule has 0 fully saturated rings. The molecule has 0 aliphatic heterocycles. The molecule has 2 aromatic rings. The first-order chi connectivity index (χ1) is 13.7. The van der Waals surface area contributed by atoms with Gasteiger partial charge in [-0.2, -0.15) is 0 Å². The van der Waals surface area contributed by atoms with Gasteiger partial charge in [-0.05, 0) is 55.3 Å². The van der Waals surface area contributed by atoms with Gasteiger partial charge in [0.25, 0.3) is 5.91 Å². The van der Waals surface area contributed by atoms with Gasteiger partial charge >= 0.3 is 5.97 Å². The van der Waals surface area contributed by atoms with Crippen molar-refractivity contribution in [2.75, 3.05) is 13.2 Å². The van der Waals surface area contributed by atoms with E-state index in [0.29, 0.717) is 12.2 Å². The number of aliphatic carboxylic acids is 1. The van der Waals surface area contributed by atoms with Crippen LogP contribution in [-0.4, -0.2) is 44.6 Å². The van der Waals surface area contributed by atoms with Crippen molar-refractivity contribution in [3.8, 4) is 5.75 Å². The number of carboxylic acid groups (broad SMARTS) is 1. The Hall–Kier alpha value is -2.43. The number of nitrogens with one attached hydrogen (secondary N) is 2. The molecule has 0 bridgehead atoms. The summed E-state index contributed by atoms with van der Waals surface area (Å²) in [6.07, 6.45) is 0.426. The van der Waals surface area contributed by atoms with Crippen molar-refractivity contribution in [1.82, 2.24) is 10.0 Å². The average molecular weight is 485 g/mol. The van der Waals surface area contributed by atoms with Crippen LogP contribution >= 0.6 is 15.9 Å². The molecule has 3 N–H and O–H groups in total. The topological polar surface area (TPSA) is 122 Å². The van der Waals surface area contributed by atoms with Crippen LogP contribution in [0.3, 0.4) is 0 Å². The molecule has 2 aromatic carbocycles. The number of amides is 1. The van der Waals surface area contributed by atoms with E-state index in [-0.39, 0.29) is 18.0 Å². The molecule has 0 spiro atoms. The highest BCUT2D eigenvalue weighted by Crippen LogP contribution is 2.16. The molecule has 1 amide bonds. The van der Waals surface area contributed by atoms with E-state index in [1.54, 1.807) is 30.3 Å². The van der Waals surface area contributed by atoms with Crippen LogP contribution < -0.4 is 14.8 Å². The Morgan fingerprint density at radius 3 is 2.52 bits per heavy atom. The Balaban J connectivity index is 1.86. The number of ether oxygens (including phenoxy) is 1. The van der Waals surface area contributed by atoms with Gasteiger partial charge in [0.05, 0.1) is 4.90 Å². The van der Waals surface area contributed by atoms with E-state index in [1.807, 2.05) is 6.07 Å². The van der Waals surface area contributed by atoms with Crippen molar-refractivity contribution in [3.05, 3.63) is 58.6 Å². The van der Waals surface area contributed by atoms with Crippen molar-refractivity contribution in [2.45, 2.75) is 24.3 Å². The molecule has 156 valence electrons. The average Bonchev–Trinajstić information content (AvgIpc) is 2.67. The van der Waals surface area contributed by atoms with Gasteiger partial charge in [-0.3, -0.25) is 9.59 Å². The normalized spacial score (nSPS) is 12.2. The Kier molecular flexibility index (Phi) is 8.18. The van der Waals surface area contributed by atoms with Gasteiger partial charge in [0.1, 0.15) is 11.8 Å². The number of sulfonamides is 1. The molecule has 8 nitrogen and oxygen atoms in total. The summed E-state index contributed by atoms with van der Waals surface area (Å²) in [5.74, 6) is -1.25. The first kappa shape index (κ1) is 22.9. The monoisotopic (exact) mass is 484 g/mol. The van der Waals surface area contributed by atoms with Crippen LogP contribution in [-0.2, 0) is 26.0 Å². The van der Waals surface area contributed by atoms with E-state index in [4.69, 9.17) is 9.84 Å². The number of rotatable bonds is 10. The molecular formula is C19H21BrN2O6S. The van der Waals surface area contributed by atoms with Crippen LogP contribution in [0.2, 0.25) is 0 Å². The van der Waals surface area contributed by atoms with Crippen molar-refractivity contribution in [1.29, 1.82) is 0 Å². The van der Waals surface area contributed by atoms with Crippen molar-refractivity contribution in [2.24, 2.45) is 0 Å². The van der Waals surface area contributed by atoms with E-state index in [1.165, 1.54) is 19.1 Å². The number of carbonyl (C=O) groups is 2. The summed E-state index contributed by atoms with van der Waals surface area (Å²) in [6.45, 7) is 1.23. The minimum atomic E-state index is -3.60. The van der Waals surface area contributed by atoms with Gasteiger partial charge in [0, 0.05) is 11.0 Å². The molecule has 10 heteroatoms. The maximum absolute atomic E-state index is 12.3. The SMILES string of the molecule is C[C@H](NC(=O)COc1cccc(CCNS(=O)(=O)c2ccc(Br)cc2)c1)C(=O)O. The Labute approximate surface area is 177 Å². The fraction of sp³-hybridized carbons (Fsp3) is 0.263. The minimum absolute atomic E-state index is 0.180. The molecule has 1 atom stereocenters. The number of hydrogen-bond acceptors (Lipinski definition) is 5. The quantitative estimate of drug-likeness (QED) is 0.473. The van der Waals surface area contributed by atoms with Gasteiger partial charge in [-0.15, -0.1) is 0 Å². The first-order valence-electron chi connectivity index (χ1n) is 8.66. The molecule has 0 aliphatic rings. The molecular weight excluding hydrogens is 464 g/mol. The van der Waals surface area contributed by atoms with Gasteiger partial charge in [-0.25, -0.2) is 13.1 Å². The van der Waals surface area contributed by atoms with Gasteiger partial charge in [0.15, 0.2) is 6.61 Å². The Morgan fingerprint density at radius 1 is 1.17 bits per heavy atom. The van der Waals surface area contributed by atoms with Crippen LogP contribution in [0, 0.1) is 0 Å². The van der Waals surface area contributed by atoms with Crippen LogP contribution in [0.5, 0.6) is 5.75 Å². The minimum Gasteiger partial charge on any atom is -0.484 e. The molecule has 0 saturated carbocycles. The van der Waals surface area contributed by atoms with Gasteiger partial charge in [-0.1, -0.05) is 28.1 Å². The number of carboxylic acids is 1. The van der Waals surface area contributed by atoms with Gasteiger partial charge < -0.3 is 15.2 Å². The zero-order valence-corrected chi connectivity index (χ0v) is 18.0. The number of hydrogen-bond donors (Lipinski definition) is 3. The van der Waals surface area contributed by atoms with Crippen LogP contribution in [0.25, 0.3) is 0 Å². The zero-order chi connectivity index (χ0) is 21.4. The lowest BCUT2D eigenvalue weighted by Gasteiger charge is -2.11. The predicted octanol–water partition coefficient (Wildman–Crippen LogP) is 1.94. The lowest BCUT2D eigenvalue weighted by atomic mass is 10.1. The van der Waals surface area contributed by atoms with Crippen molar-refractivity contribution >= 4 is 37.8 Å². The highest BCUT2D eigenvalue weighted by molar-refractivity contribution is 9.10. The largest absolute Gasteiger partial charge is 0.484 e. The summed E-state index contributed by atoms with van der Waals surface area (Å²) < 4.78 is 33.3. The van der Waals surface area contributed by atoms with E-state index in [9.17, 15) is 18.0 Å². The summed E-state index contributed by atoms with van der Waals surface area (Å²) in [5.41, 5.74) is 0.820. The number of carbonyl (C=O) groups excluding carboxylic acids is 1. The predicted molar refractivity (Wildman–Crippen MR) is 110 cm³/mol. The Morgan fingerprint density at radius 2 is 1.86 bits per heavy atom. The maximum Gasteiger partial charge on any atom is 0.325 e. The van der Waals surface area contributed by atoms with Crippen LogP contribution in [0.4, 0.5) is 0 Å². The summed E-state index contributed by atoms with van der Waals surface area (Å²) >= 11 is 3.26. The highest BCUT2D eigenvalue weighted by atomic mass is 79.9. The zero-order valence-electron chi connectivity index (χ0n) is 15.6. The van der Waals surface area contributed by atoms with Crippen molar-refractivity contribution in [3.63, 3.8) is 0 Å². The fourth-order valence-corrected chi connectivity index (χ4v) is 3.61. The molecule has 0 radical (unpaired) electrons. The summed E-state index contributed by atoms with van der Waals surface area (Å²) in [6, 6.07) is 12.2. The smallest absolute Gasteiger partial charge is 0.325 e. The van der Waals surface area contributed by atoms with E-state index in [2.05, 4.69) is 26.0 Å². The molecule has 0 unspecified atom stereocenters. The summed E-state index contributed by atoms with van der Waals surface area (Å²) in [4.78, 5) is 22.6. The molecule has 0 aromatic heterocycles. The van der Waals surface area contributed by atoms with Crippen molar-refractivity contribution < 1.29 is 27.9 Å². The van der Waals surface area contributed by atoms with Crippen LogP contribution in [0.15, 0.2) is 57.9 Å². The molecule has 0 aliphatic carbocycles. The third kappa shape index (κ3) is 7.48. The standard InChI is InChI=1S/C19H21BrN2O6S/c1-13(19(24)25)22-18(23)12-28-16-4-2-3-14(11-16)9-10-21-29(26,27)17-7-5-15(20)6-8-17/h2-8,11,13,21H,9-10,12H2,1H3,(H,22,23)(H,24,25)/t13-/m0/s1. The van der Waals surface area contributed by atoms with E-state index < -0.39 is 27.9 Å². The lowest BCUT2D eigenvalue weighted by Crippen LogP contribution is -2.40. The lowest BCUT2D eigenvalue weighted by molar-refractivity contribution is -0.141. The third-order valence-corrected chi connectivity index (χ3v) is 5.85. The molecule has 0 heterocycles. The molecule has 2 rings (SSSR count).